The molecule has 36 nitrogen and oxygen atoms in total. The summed E-state index contributed by atoms with van der Waals surface area (Å²) in [5, 5.41) is 63.6. The lowest BCUT2D eigenvalue weighted by molar-refractivity contribution is 0.0576. The number of hydrogen-bond donors (Lipinski definition) is 12. The molecule has 36 heteroatoms. The predicted molar refractivity (Wildman–Crippen MR) is 546 cm³/mol. The molecule has 0 fully saturated rings. The van der Waals surface area contributed by atoms with Gasteiger partial charge in [-0.05, 0) is 161 Å². The lowest BCUT2D eigenvalue weighted by atomic mass is 10.1. The van der Waals surface area contributed by atoms with E-state index in [1.165, 1.54) is 55.2 Å². The number of benzene rings is 6. The molecule has 732 valence electrons. The molecule has 0 spiro atoms. The second-order valence-electron chi connectivity index (χ2n) is 35.1. The van der Waals surface area contributed by atoms with E-state index >= 15 is 0 Å². The van der Waals surface area contributed by atoms with Crippen molar-refractivity contribution >= 4 is 167 Å². The number of pyridine rings is 6. The summed E-state index contributed by atoms with van der Waals surface area (Å²) in [6.07, 6.45) is 0. The first-order chi connectivity index (χ1) is 78.5. The van der Waals surface area contributed by atoms with Gasteiger partial charge in [0.05, 0.1) is 186 Å². The Balaban J connectivity index is 0.000000169. The van der Waals surface area contributed by atoms with Crippen LogP contribution in [0.2, 0.25) is 0 Å². The summed E-state index contributed by atoms with van der Waals surface area (Å²) in [6, 6.07) is -0.432. The van der Waals surface area contributed by atoms with Gasteiger partial charge in [-0.25, -0.2) is 59.8 Å². The number of nitrogens with zero attached hydrogens (tertiary/aromatic N) is 18. The third-order valence-corrected chi connectivity index (χ3v) is 19.8. The van der Waals surface area contributed by atoms with Gasteiger partial charge in [-0.1, -0.05) is 109 Å². The molecular weight excluding hydrogens is 1750 g/mol. The van der Waals surface area contributed by atoms with Crippen molar-refractivity contribution in [2.75, 3.05) is 73.9 Å². The minimum Gasteiger partial charge on any atom is -0.389 e. The predicted octanol–water partition coefficient (Wildman–Crippen LogP) is 14.8. The Morgan fingerprint density at radius 3 is 0.703 bits per heavy atom. The van der Waals surface area contributed by atoms with Crippen LogP contribution in [0, 0.1) is 0 Å². The minimum atomic E-state index is -2.77. The van der Waals surface area contributed by atoms with Crippen molar-refractivity contribution in [3.05, 3.63) is 180 Å². The van der Waals surface area contributed by atoms with Gasteiger partial charge in [0.2, 0.25) is 0 Å². The summed E-state index contributed by atoms with van der Waals surface area (Å²) in [6.45, 7) is 10.8. The maximum atomic E-state index is 10.5. The highest BCUT2D eigenvalue weighted by molar-refractivity contribution is 6.11. The van der Waals surface area contributed by atoms with Crippen molar-refractivity contribution < 1.29 is 106 Å². The summed E-state index contributed by atoms with van der Waals surface area (Å²) in [5.74, 6) is 0.0121. The van der Waals surface area contributed by atoms with Crippen molar-refractivity contribution in [1.29, 1.82) is 0 Å². The molecule has 18 rings (SSSR count). The number of nitrogen functional groups attached to an aromatic ring is 6. The first kappa shape index (κ1) is 65.7. The molecular formula is C102H132N24O12. The van der Waals surface area contributed by atoms with Gasteiger partial charge >= 0.3 is 0 Å². The van der Waals surface area contributed by atoms with Crippen LogP contribution >= 0.6 is 0 Å². The molecule has 0 unspecified atom stereocenters. The van der Waals surface area contributed by atoms with Gasteiger partial charge in [-0.15, -0.1) is 0 Å². The molecule has 12 aromatic heterocycles. The van der Waals surface area contributed by atoms with E-state index in [4.69, 9.17) is 109 Å². The quantitative estimate of drug-likeness (QED) is 0.0199. The van der Waals surface area contributed by atoms with Gasteiger partial charge in [0, 0.05) is 71.8 Å². The van der Waals surface area contributed by atoms with Gasteiger partial charge in [0.25, 0.3) is 0 Å². The van der Waals surface area contributed by atoms with E-state index in [2.05, 4.69) is 59.8 Å². The van der Waals surface area contributed by atoms with Crippen LogP contribution in [0.25, 0.3) is 132 Å². The molecule has 0 bridgehead atoms. The van der Waals surface area contributed by atoms with Crippen molar-refractivity contribution in [1.82, 2.24) is 87.2 Å². The Labute approximate surface area is 848 Å². The van der Waals surface area contributed by atoms with Crippen molar-refractivity contribution in [3.8, 4) is 0 Å². The summed E-state index contributed by atoms with van der Waals surface area (Å²) in [7, 11) is 0. The highest BCUT2D eigenvalue weighted by Crippen LogP contribution is 2.38. The van der Waals surface area contributed by atoms with Crippen molar-refractivity contribution in [2.24, 2.45) is 0 Å². The Morgan fingerprint density at radius 1 is 0.261 bits per heavy atom. The fourth-order valence-corrected chi connectivity index (χ4v) is 14.8. The van der Waals surface area contributed by atoms with Crippen LogP contribution in [-0.2, 0) is 107 Å². The number of imidazole rings is 6. The number of nitrogens with two attached hydrogens (primary N) is 6. The van der Waals surface area contributed by atoms with Gasteiger partial charge < -0.3 is 121 Å². The third kappa shape index (κ3) is 24.2. The zero-order valence-electron chi connectivity index (χ0n) is 113. The zero-order chi connectivity index (χ0) is 130. The largest absolute Gasteiger partial charge is 0.389 e. The maximum Gasteiger partial charge on any atom is 0.152 e. The van der Waals surface area contributed by atoms with Crippen LogP contribution in [-0.4, -0.2) is 191 Å². The highest BCUT2D eigenvalue weighted by atomic mass is 16.5. The Kier molecular flexibility index (Phi) is 20.4. The van der Waals surface area contributed by atoms with E-state index in [-0.39, 0.29) is 288 Å². The Bertz CT molecular complexity index is 9150. The molecule has 6 aromatic carbocycles. The summed E-state index contributed by atoms with van der Waals surface area (Å²) < 4.78 is 312. The number of aromatic nitrogens is 18. The second-order valence-corrected chi connectivity index (χ2v) is 35.1. The highest BCUT2D eigenvalue weighted by Gasteiger charge is 2.31. The molecule has 0 aliphatic heterocycles. The Hall–Kier alpha value is -13.1. The molecule has 0 amide bonds. The maximum absolute atomic E-state index is 10.5. The normalized spacial score (nSPS) is 16.6. The van der Waals surface area contributed by atoms with Crippen LogP contribution < -0.4 is 34.4 Å². The third-order valence-electron chi connectivity index (χ3n) is 19.8. The smallest absolute Gasteiger partial charge is 0.152 e. The molecule has 0 aliphatic carbocycles. The molecule has 0 atom stereocenters. The van der Waals surface area contributed by atoms with Gasteiger partial charge in [-0.2, -0.15) is 0 Å². The van der Waals surface area contributed by atoms with E-state index < -0.39 is 146 Å². The van der Waals surface area contributed by atoms with Crippen LogP contribution in [0.1, 0.15) is 206 Å². The van der Waals surface area contributed by atoms with E-state index in [9.17, 15) is 30.6 Å². The molecule has 138 heavy (non-hydrogen) atoms. The molecule has 0 saturated carbocycles. The van der Waals surface area contributed by atoms with E-state index in [1.54, 1.807) is 82.1 Å². The minimum absolute atomic E-state index is 0.00185. The lowest BCUT2D eigenvalue weighted by Gasteiger charge is -2.20. The molecule has 0 aliphatic rings. The fourth-order valence-electron chi connectivity index (χ4n) is 14.8. The Morgan fingerprint density at radius 2 is 0.464 bits per heavy atom. The second kappa shape index (κ2) is 42.9. The summed E-state index contributed by atoms with van der Waals surface area (Å²) in [4.78, 5) is 51.0. The summed E-state index contributed by atoms with van der Waals surface area (Å²) in [5.41, 5.74) is 32.1. The van der Waals surface area contributed by atoms with Crippen LogP contribution in [0.3, 0.4) is 0 Å². The van der Waals surface area contributed by atoms with Crippen LogP contribution in [0.5, 0.6) is 0 Å². The SMILES string of the molecule is [2H]C([2H])(C)OC([2H])([2H])c1nc2c(N)nc3ccccc3c2n1CC(C)(C)O.[2H]c1c([2H])c([2H])c2c(nc(N)c3nc(C([2H])([2H])OC([2H])([2H])C)n(CC(C)(C)O)c32)c1[2H].[2H]c1c([2H])c([2H])c2c(nc(N)c3nc(C([2H])([2H])OCC)n(CC(C)(C)O)c32)c1[2H].[2H]c1c([2H])c([2H])c2c(nc(N)c3nc(COC([2H])([2H])C)n(CC(C)(C)O)c32)c1[2H].[2H]c1c([2H])c([2H])c2c(nc(N)c3nc(COC([2H])([2H])C)n(CC(C)(C)O)c32)c1[2H].[2H]c1c([2H])c([2H])c2c(nc(N)c3nc(COCC)n(CC(C)(C)O)c32)c1[2H]. The molecule has 18 aromatic rings. The first-order valence-electron chi connectivity index (χ1n) is 60.1. The number of rotatable bonds is 30. The van der Waals surface area contributed by atoms with E-state index in [0.29, 0.717) is 39.9 Å². The summed E-state index contributed by atoms with van der Waals surface area (Å²) >= 11 is 0. The number of aliphatic hydroxyl groups is 6. The average molecular weight is 1920 g/mol. The number of anilines is 6. The van der Waals surface area contributed by atoms with Crippen LogP contribution in [0.15, 0.2) is 145 Å². The number of fused-ring (bicyclic) bond motifs is 18. The first-order valence-corrected chi connectivity index (χ1v) is 43.1. The van der Waals surface area contributed by atoms with Crippen molar-refractivity contribution in [2.45, 2.75) is 237 Å². The molecule has 12 heterocycles. The van der Waals surface area contributed by atoms with Crippen LogP contribution in [0.4, 0.5) is 34.9 Å². The molecule has 0 saturated heterocycles. The standard InChI is InChI=1S/6C17H22N4O2/c6*1-4-23-9-13-20-14-15(21(13)10-17(2,3)22)11-7-5-6-8-12(11)19-16(14)18/h6*5-8,22H,4,9-10H2,1-3H3,(H2,18,19)/i4D2,5D,6D,7D,8D,9D2;5D,6D,7D,8D,9D2;2*4D2,5D,6D,7D,8D;5D,6D,7D,8D;4D2,9D2. The number of hydrogen-bond acceptors (Lipinski definition) is 30. The number of para-hydroxylation sites is 6. The van der Waals surface area contributed by atoms with E-state index in [1.807, 2.05) is 25.1 Å². The van der Waals surface area contributed by atoms with Gasteiger partial charge in [0.1, 0.15) is 108 Å². The van der Waals surface area contributed by atoms with E-state index in [0.717, 1.165) is 13.8 Å². The van der Waals surface area contributed by atoms with Gasteiger partial charge in [-0.3, -0.25) is 0 Å². The topological polar surface area (TPSA) is 517 Å². The molecule has 18 N–H and O–H groups in total. The molecule has 0 radical (unpaired) electrons. The lowest BCUT2D eigenvalue weighted by Crippen LogP contribution is -2.27. The fraction of sp³-hybridized carbons (Fsp3) is 0.412. The number of ether oxygens (including phenoxy) is 6. The average Bonchev–Trinajstić information content (AvgIpc) is 1.54. The van der Waals surface area contributed by atoms with Crippen molar-refractivity contribution in [3.63, 3.8) is 0 Å². The zero-order valence-corrected chi connectivity index (χ0v) is 79.2. The monoisotopic (exact) mass is 1920 g/mol. The van der Waals surface area contributed by atoms with Gasteiger partial charge in [0.15, 0.2) is 34.9 Å².